The minimum atomic E-state index is -3.72. The first-order chi connectivity index (χ1) is 9.85. The van der Waals surface area contributed by atoms with E-state index in [-0.39, 0.29) is 17.3 Å². The fraction of sp³-hybridized carbons (Fsp3) is 0.462. The summed E-state index contributed by atoms with van der Waals surface area (Å²) >= 11 is 0. The largest absolute Gasteiger partial charge is 0.395 e. The lowest BCUT2D eigenvalue weighted by Gasteiger charge is -2.12. The van der Waals surface area contributed by atoms with Crippen LogP contribution in [0.2, 0.25) is 0 Å². The van der Waals surface area contributed by atoms with Gasteiger partial charge in [-0.3, -0.25) is 9.19 Å². The molecule has 8 heteroatoms. The third kappa shape index (κ3) is 6.35. The van der Waals surface area contributed by atoms with Gasteiger partial charge in [0, 0.05) is 53.2 Å². The smallest absolute Gasteiger partial charge is 0.242 e. The Labute approximate surface area is 127 Å². The lowest BCUT2D eigenvalue weighted by Crippen LogP contribution is -2.36. The second-order valence-electron chi connectivity index (χ2n) is 4.45. The van der Waals surface area contributed by atoms with Crippen LogP contribution >= 0.6 is 0 Å². The van der Waals surface area contributed by atoms with E-state index in [1.165, 1.54) is 24.7 Å². The summed E-state index contributed by atoms with van der Waals surface area (Å²) in [5, 5.41) is 8.65. The zero-order valence-electron chi connectivity index (χ0n) is 11.9. The Morgan fingerprint density at radius 2 is 2.19 bits per heavy atom. The van der Waals surface area contributed by atoms with E-state index in [2.05, 4.69) is 21.5 Å². The summed E-state index contributed by atoms with van der Waals surface area (Å²) in [5.74, 6) is 5.67. The Kier molecular flexibility index (Phi) is 6.98. The van der Waals surface area contributed by atoms with Gasteiger partial charge in [0.2, 0.25) is 10.0 Å². The van der Waals surface area contributed by atoms with Crippen molar-refractivity contribution < 1.29 is 17.7 Å². The summed E-state index contributed by atoms with van der Waals surface area (Å²) in [6.07, 6.45) is 4.52. The van der Waals surface area contributed by atoms with Crippen molar-refractivity contribution >= 4 is 20.8 Å². The van der Waals surface area contributed by atoms with Crippen LogP contribution in [0, 0.1) is 11.8 Å². The minimum Gasteiger partial charge on any atom is -0.395 e. The fourth-order valence-electron chi connectivity index (χ4n) is 1.57. The molecule has 0 radical (unpaired) electrons. The van der Waals surface area contributed by atoms with Crippen molar-refractivity contribution in [1.29, 1.82) is 0 Å². The molecular weight excluding hydrogens is 312 g/mol. The first-order valence-corrected chi connectivity index (χ1v) is 9.43. The molecule has 0 saturated carbocycles. The van der Waals surface area contributed by atoms with Gasteiger partial charge in [0.25, 0.3) is 0 Å². The molecule has 0 aromatic carbocycles. The molecule has 1 aromatic heterocycles. The highest BCUT2D eigenvalue weighted by Gasteiger charge is 2.18. The summed E-state index contributed by atoms with van der Waals surface area (Å²) in [6.45, 7) is 1.60. The highest BCUT2D eigenvalue weighted by Crippen LogP contribution is 2.10. The van der Waals surface area contributed by atoms with E-state index >= 15 is 0 Å². The fourth-order valence-corrected chi connectivity index (χ4v) is 3.70. The quantitative estimate of drug-likeness (QED) is 0.708. The van der Waals surface area contributed by atoms with Crippen LogP contribution in [0.25, 0.3) is 0 Å². The van der Waals surface area contributed by atoms with Crippen LogP contribution in [0.1, 0.15) is 18.9 Å². The molecule has 1 heterocycles. The summed E-state index contributed by atoms with van der Waals surface area (Å²) in [6, 6.07) is 0.972. The van der Waals surface area contributed by atoms with E-state index in [0.29, 0.717) is 12.0 Å². The predicted molar refractivity (Wildman–Crippen MR) is 81.5 cm³/mol. The van der Waals surface area contributed by atoms with Crippen LogP contribution in [0.15, 0.2) is 23.4 Å². The van der Waals surface area contributed by atoms with Gasteiger partial charge in [-0.25, -0.2) is 13.1 Å². The topological polar surface area (TPSA) is 96.4 Å². The number of aliphatic hydroxyl groups excluding tert-OH is 1. The van der Waals surface area contributed by atoms with E-state index in [1.807, 2.05) is 0 Å². The van der Waals surface area contributed by atoms with Gasteiger partial charge in [0.1, 0.15) is 4.90 Å². The number of pyridine rings is 1. The summed E-state index contributed by atoms with van der Waals surface area (Å²) in [7, 11) is -4.81. The Morgan fingerprint density at radius 3 is 2.81 bits per heavy atom. The SMILES string of the molecule is CC(CS(C)=O)NS(=O)(=O)c1cncc(C#CCCO)c1. The van der Waals surface area contributed by atoms with Gasteiger partial charge in [0.15, 0.2) is 0 Å². The highest BCUT2D eigenvalue weighted by atomic mass is 32.2. The van der Waals surface area contributed by atoms with E-state index in [9.17, 15) is 12.6 Å². The Bertz CT molecular complexity index is 662. The zero-order valence-corrected chi connectivity index (χ0v) is 13.5. The molecule has 1 aromatic rings. The van der Waals surface area contributed by atoms with Crippen LogP contribution in [0.4, 0.5) is 0 Å². The Morgan fingerprint density at radius 1 is 1.48 bits per heavy atom. The second kappa shape index (κ2) is 8.24. The number of nitrogens with zero attached hydrogens (tertiary/aromatic N) is 1. The molecule has 6 nitrogen and oxygen atoms in total. The maximum absolute atomic E-state index is 12.2. The van der Waals surface area contributed by atoms with Gasteiger partial charge in [-0.05, 0) is 13.0 Å². The van der Waals surface area contributed by atoms with Crippen LogP contribution < -0.4 is 4.72 Å². The summed E-state index contributed by atoms with van der Waals surface area (Å²) in [5.41, 5.74) is 0.457. The van der Waals surface area contributed by atoms with E-state index in [1.54, 1.807) is 6.92 Å². The Hall–Kier alpha value is -1.27. The van der Waals surface area contributed by atoms with E-state index in [4.69, 9.17) is 5.11 Å². The number of rotatable bonds is 6. The zero-order chi connectivity index (χ0) is 15.9. The van der Waals surface area contributed by atoms with Gasteiger partial charge in [-0.1, -0.05) is 11.8 Å². The molecule has 116 valence electrons. The molecule has 0 aliphatic heterocycles. The molecule has 0 saturated heterocycles. The standard InChI is InChI=1S/C13H18N2O4S2/c1-11(10-20(2)17)15-21(18,19)13-7-12(8-14-9-13)5-3-4-6-16/h7-9,11,15-16H,4,6,10H2,1-2H3. The molecule has 0 aliphatic rings. The first kappa shape index (κ1) is 17.8. The maximum Gasteiger partial charge on any atom is 0.242 e. The molecule has 1 rings (SSSR count). The summed E-state index contributed by atoms with van der Waals surface area (Å²) < 4.78 is 37.9. The molecule has 2 atom stereocenters. The van der Waals surface area contributed by atoms with Crippen molar-refractivity contribution in [2.75, 3.05) is 18.6 Å². The lowest BCUT2D eigenvalue weighted by atomic mass is 10.3. The average molecular weight is 330 g/mol. The number of hydrogen-bond acceptors (Lipinski definition) is 5. The van der Waals surface area contributed by atoms with Gasteiger partial charge < -0.3 is 5.11 Å². The Balaban J connectivity index is 2.91. The third-order valence-corrected chi connectivity index (χ3v) is 4.86. The molecule has 2 unspecified atom stereocenters. The average Bonchev–Trinajstić information content (AvgIpc) is 2.37. The number of nitrogens with one attached hydrogen (secondary N) is 1. The van der Waals surface area contributed by atoms with Crippen molar-refractivity contribution in [2.24, 2.45) is 0 Å². The molecule has 0 aliphatic carbocycles. The lowest BCUT2D eigenvalue weighted by molar-refractivity contribution is 0.305. The van der Waals surface area contributed by atoms with Crippen LogP contribution in [-0.2, 0) is 20.8 Å². The number of aromatic nitrogens is 1. The van der Waals surface area contributed by atoms with Crippen LogP contribution in [0.5, 0.6) is 0 Å². The molecule has 0 fully saturated rings. The molecule has 2 N–H and O–H groups in total. The van der Waals surface area contributed by atoms with Gasteiger partial charge in [0.05, 0.1) is 6.61 Å². The highest BCUT2D eigenvalue weighted by molar-refractivity contribution is 7.89. The molecule has 0 bridgehead atoms. The molecule has 0 amide bonds. The van der Waals surface area contributed by atoms with Crippen molar-refractivity contribution in [3.8, 4) is 11.8 Å². The maximum atomic E-state index is 12.2. The van der Waals surface area contributed by atoms with Crippen molar-refractivity contribution in [3.63, 3.8) is 0 Å². The van der Waals surface area contributed by atoms with Gasteiger partial charge in [-0.2, -0.15) is 0 Å². The number of aliphatic hydroxyl groups is 1. The van der Waals surface area contributed by atoms with Crippen molar-refractivity contribution in [3.05, 3.63) is 24.0 Å². The van der Waals surface area contributed by atoms with E-state index in [0.717, 1.165) is 0 Å². The van der Waals surface area contributed by atoms with Gasteiger partial charge >= 0.3 is 0 Å². The van der Waals surface area contributed by atoms with Crippen LogP contribution in [0.3, 0.4) is 0 Å². The summed E-state index contributed by atoms with van der Waals surface area (Å²) in [4.78, 5) is 3.86. The second-order valence-corrected chi connectivity index (χ2v) is 7.64. The van der Waals surface area contributed by atoms with Crippen LogP contribution in [-0.4, -0.2) is 47.4 Å². The van der Waals surface area contributed by atoms with E-state index < -0.39 is 26.9 Å². The first-order valence-electron chi connectivity index (χ1n) is 6.22. The molecular formula is C13H18N2O4S2. The normalized spacial score (nSPS) is 14.0. The van der Waals surface area contributed by atoms with Gasteiger partial charge in [-0.15, -0.1) is 0 Å². The molecule has 21 heavy (non-hydrogen) atoms. The van der Waals surface area contributed by atoms with Crippen molar-refractivity contribution in [2.45, 2.75) is 24.3 Å². The predicted octanol–water partition coefficient (Wildman–Crippen LogP) is -0.139. The number of sulfonamides is 1. The van der Waals surface area contributed by atoms with Crippen molar-refractivity contribution in [1.82, 2.24) is 9.71 Å². The molecule has 0 spiro atoms. The monoisotopic (exact) mass is 330 g/mol. The number of hydrogen-bond donors (Lipinski definition) is 2. The third-order valence-electron chi connectivity index (χ3n) is 2.33. The minimum absolute atomic E-state index is 0.00651.